The van der Waals surface area contributed by atoms with Gasteiger partial charge in [0.15, 0.2) is 0 Å². The van der Waals surface area contributed by atoms with Crippen molar-refractivity contribution in [3.8, 4) is 0 Å². The lowest BCUT2D eigenvalue weighted by molar-refractivity contribution is 0.736. The molecule has 1 unspecified atom stereocenters. The van der Waals surface area contributed by atoms with Gasteiger partial charge in [-0.2, -0.15) is 0 Å². The van der Waals surface area contributed by atoms with E-state index in [4.69, 9.17) is 5.73 Å². The summed E-state index contributed by atoms with van der Waals surface area (Å²) in [7, 11) is 0. The highest BCUT2D eigenvalue weighted by Crippen LogP contribution is 2.22. The van der Waals surface area contributed by atoms with Crippen LogP contribution in [0.3, 0.4) is 0 Å². The Morgan fingerprint density at radius 3 is 2.56 bits per heavy atom. The van der Waals surface area contributed by atoms with E-state index >= 15 is 0 Å². The maximum Gasteiger partial charge on any atom is 0.0430 e. The van der Waals surface area contributed by atoms with E-state index in [9.17, 15) is 0 Å². The van der Waals surface area contributed by atoms with Gasteiger partial charge < -0.3 is 5.73 Å². The molecule has 0 aliphatic heterocycles. The van der Waals surface area contributed by atoms with E-state index < -0.39 is 0 Å². The lowest BCUT2D eigenvalue weighted by Crippen LogP contribution is -2.11. The molecule has 1 nitrogen and oxygen atoms in total. The van der Waals surface area contributed by atoms with Crippen LogP contribution in [0.2, 0.25) is 0 Å². The molecule has 0 saturated heterocycles. The van der Waals surface area contributed by atoms with Crippen molar-refractivity contribution >= 4 is 23.1 Å². The van der Waals surface area contributed by atoms with E-state index in [1.807, 2.05) is 0 Å². The first-order valence-corrected chi connectivity index (χ1v) is 7.32. The maximum absolute atomic E-state index is 6.15. The highest BCUT2D eigenvalue weighted by atomic mass is 32.2. The molecule has 1 aromatic heterocycles. The molecule has 2 aromatic rings. The van der Waals surface area contributed by atoms with Crippen LogP contribution in [0, 0.1) is 0 Å². The Morgan fingerprint density at radius 2 is 2.00 bits per heavy atom. The standard InChI is InChI=1S/C13H15NS2/c1-15-11-6-4-10(5-7-11)9-12(14)13-3-2-8-16-13/h2-8,12H,9,14H2,1H3. The Hall–Kier alpha value is -0.770. The van der Waals surface area contributed by atoms with Gasteiger partial charge in [0, 0.05) is 15.8 Å². The van der Waals surface area contributed by atoms with Crippen molar-refractivity contribution in [2.45, 2.75) is 17.4 Å². The number of thioether (sulfide) groups is 1. The van der Waals surface area contributed by atoms with Crippen LogP contribution >= 0.6 is 23.1 Å². The third kappa shape index (κ3) is 2.88. The lowest BCUT2D eigenvalue weighted by atomic mass is 10.1. The molecule has 0 aliphatic carbocycles. The van der Waals surface area contributed by atoms with Gasteiger partial charge in [-0.1, -0.05) is 18.2 Å². The number of hydrogen-bond acceptors (Lipinski definition) is 3. The number of hydrogen-bond donors (Lipinski definition) is 1. The Labute approximate surface area is 105 Å². The third-order valence-electron chi connectivity index (χ3n) is 2.52. The van der Waals surface area contributed by atoms with Crippen LogP contribution < -0.4 is 5.73 Å². The zero-order chi connectivity index (χ0) is 11.4. The van der Waals surface area contributed by atoms with E-state index in [2.05, 4.69) is 48.0 Å². The second-order valence-electron chi connectivity index (χ2n) is 3.67. The summed E-state index contributed by atoms with van der Waals surface area (Å²) >= 11 is 3.49. The van der Waals surface area contributed by atoms with Crippen LogP contribution in [-0.2, 0) is 6.42 Å². The predicted octanol–water partition coefficient (Wildman–Crippen LogP) is 3.71. The lowest BCUT2D eigenvalue weighted by Gasteiger charge is -2.09. The van der Waals surface area contributed by atoms with Gasteiger partial charge in [0.1, 0.15) is 0 Å². The van der Waals surface area contributed by atoms with E-state index in [0.717, 1.165) is 6.42 Å². The van der Waals surface area contributed by atoms with Crippen LogP contribution in [0.15, 0.2) is 46.7 Å². The zero-order valence-electron chi connectivity index (χ0n) is 9.22. The minimum Gasteiger partial charge on any atom is -0.323 e. The first-order chi connectivity index (χ1) is 7.79. The van der Waals surface area contributed by atoms with Crippen molar-refractivity contribution in [2.75, 3.05) is 6.26 Å². The Kier molecular flexibility index (Phi) is 4.04. The molecule has 0 spiro atoms. The van der Waals surface area contributed by atoms with E-state index in [-0.39, 0.29) is 6.04 Å². The molecule has 0 fully saturated rings. The van der Waals surface area contributed by atoms with E-state index in [1.165, 1.54) is 15.3 Å². The van der Waals surface area contributed by atoms with Crippen molar-refractivity contribution < 1.29 is 0 Å². The normalized spacial score (nSPS) is 12.6. The maximum atomic E-state index is 6.15. The minimum absolute atomic E-state index is 0.125. The highest BCUT2D eigenvalue weighted by Gasteiger charge is 2.07. The molecule has 3 heteroatoms. The molecular formula is C13H15NS2. The van der Waals surface area contributed by atoms with Crippen LogP contribution in [0.1, 0.15) is 16.5 Å². The van der Waals surface area contributed by atoms with Crippen LogP contribution in [-0.4, -0.2) is 6.26 Å². The summed E-state index contributed by atoms with van der Waals surface area (Å²) in [6, 6.07) is 12.9. The number of benzene rings is 1. The van der Waals surface area contributed by atoms with Gasteiger partial charge in [0.2, 0.25) is 0 Å². The number of thiophene rings is 1. The van der Waals surface area contributed by atoms with Crippen molar-refractivity contribution in [2.24, 2.45) is 5.73 Å². The molecular weight excluding hydrogens is 234 g/mol. The Morgan fingerprint density at radius 1 is 1.25 bits per heavy atom. The van der Waals surface area contributed by atoms with Crippen molar-refractivity contribution in [1.82, 2.24) is 0 Å². The molecule has 1 heterocycles. The fraction of sp³-hybridized carbons (Fsp3) is 0.231. The highest BCUT2D eigenvalue weighted by molar-refractivity contribution is 7.98. The molecule has 0 amide bonds. The van der Waals surface area contributed by atoms with Gasteiger partial charge in [-0.25, -0.2) is 0 Å². The topological polar surface area (TPSA) is 26.0 Å². The minimum atomic E-state index is 0.125. The van der Waals surface area contributed by atoms with Gasteiger partial charge in [0.25, 0.3) is 0 Å². The number of rotatable bonds is 4. The van der Waals surface area contributed by atoms with Crippen molar-refractivity contribution in [1.29, 1.82) is 0 Å². The Balaban J connectivity index is 2.03. The van der Waals surface area contributed by atoms with E-state index in [0.29, 0.717) is 0 Å². The van der Waals surface area contributed by atoms with E-state index in [1.54, 1.807) is 23.1 Å². The summed E-state index contributed by atoms with van der Waals surface area (Å²) in [5.74, 6) is 0. The molecule has 2 rings (SSSR count). The van der Waals surface area contributed by atoms with Gasteiger partial charge in [0.05, 0.1) is 0 Å². The predicted molar refractivity (Wildman–Crippen MR) is 73.2 cm³/mol. The molecule has 1 atom stereocenters. The van der Waals surface area contributed by atoms with Gasteiger partial charge in [-0.3, -0.25) is 0 Å². The van der Waals surface area contributed by atoms with Gasteiger partial charge >= 0.3 is 0 Å². The summed E-state index contributed by atoms with van der Waals surface area (Å²) in [6.07, 6.45) is 3.00. The van der Waals surface area contributed by atoms with Crippen molar-refractivity contribution in [3.05, 3.63) is 52.2 Å². The first kappa shape index (κ1) is 11.7. The Bertz CT molecular complexity index is 420. The molecule has 16 heavy (non-hydrogen) atoms. The average Bonchev–Trinajstić information content (AvgIpc) is 2.83. The second-order valence-corrected chi connectivity index (χ2v) is 5.53. The van der Waals surface area contributed by atoms with Gasteiger partial charge in [-0.15, -0.1) is 23.1 Å². The molecule has 1 aromatic carbocycles. The summed E-state index contributed by atoms with van der Waals surface area (Å²) in [5, 5.41) is 2.08. The smallest absolute Gasteiger partial charge is 0.0430 e. The fourth-order valence-electron chi connectivity index (χ4n) is 1.62. The SMILES string of the molecule is CSc1ccc(CC(N)c2cccs2)cc1. The van der Waals surface area contributed by atoms with Gasteiger partial charge in [-0.05, 0) is 41.8 Å². The monoisotopic (exact) mass is 249 g/mol. The van der Waals surface area contributed by atoms with Crippen molar-refractivity contribution in [3.63, 3.8) is 0 Å². The number of nitrogens with two attached hydrogens (primary N) is 1. The molecule has 0 radical (unpaired) electrons. The summed E-state index contributed by atoms with van der Waals surface area (Å²) < 4.78 is 0. The molecule has 84 valence electrons. The third-order valence-corrected chi connectivity index (χ3v) is 4.27. The summed E-state index contributed by atoms with van der Waals surface area (Å²) in [4.78, 5) is 2.56. The zero-order valence-corrected chi connectivity index (χ0v) is 10.9. The fourth-order valence-corrected chi connectivity index (χ4v) is 2.76. The average molecular weight is 249 g/mol. The first-order valence-electron chi connectivity index (χ1n) is 5.21. The van der Waals surface area contributed by atoms with Crippen LogP contribution in [0.5, 0.6) is 0 Å². The van der Waals surface area contributed by atoms with Crippen LogP contribution in [0.25, 0.3) is 0 Å². The molecule has 2 N–H and O–H groups in total. The van der Waals surface area contributed by atoms with Crippen LogP contribution in [0.4, 0.5) is 0 Å². The molecule has 0 aliphatic rings. The molecule has 0 bridgehead atoms. The summed E-state index contributed by atoms with van der Waals surface area (Å²) in [6.45, 7) is 0. The second kappa shape index (κ2) is 5.53. The quantitative estimate of drug-likeness (QED) is 0.836. The summed E-state index contributed by atoms with van der Waals surface area (Å²) in [5.41, 5.74) is 7.45. The molecule has 0 saturated carbocycles. The largest absolute Gasteiger partial charge is 0.323 e.